The van der Waals surface area contributed by atoms with Gasteiger partial charge in [-0.05, 0) is 12.1 Å². The van der Waals surface area contributed by atoms with E-state index in [9.17, 15) is 0 Å². The van der Waals surface area contributed by atoms with Crippen LogP contribution in [0.2, 0.25) is 0 Å². The minimum absolute atomic E-state index is 0.351. The van der Waals surface area contributed by atoms with Crippen molar-refractivity contribution in [1.82, 2.24) is 5.32 Å². The molecule has 0 aliphatic rings. The fourth-order valence-corrected chi connectivity index (χ4v) is 1.87. The molecule has 1 aromatic heterocycles. The molecule has 1 aromatic rings. The number of hydrogen-bond donors (Lipinski definition) is 4. The van der Waals surface area contributed by atoms with Crippen LogP contribution in [0.25, 0.3) is 0 Å². The summed E-state index contributed by atoms with van der Waals surface area (Å²) in [5.41, 5.74) is -1.07. The zero-order valence-corrected chi connectivity index (χ0v) is 9.50. The molecule has 16 heavy (non-hydrogen) atoms. The summed E-state index contributed by atoms with van der Waals surface area (Å²) in [6, 6.07) is 5.54. The first kappa shape index (κ1) is 13.1. The van der Waals surface area contributed by atoms with Crippen molar-refractivity contribution in [3.63, 3.8) is 0 Å². The third-order valence-electron chi connectivity index (χ3n) is 2.32. The van der Waals surface area contributed by atoms with E-state index in [1.807, 2.05) is 6.07 Å². The van der Waals surface area contributed by atoms with Crippen molar-refractivity contribution in [2.45, 2.75) is 12.1 Å². The normalized spacial score (nSPS) is 11.4. The smallest absolute Gasteiger partial charge is 0.110 e. The van der Waals surface area contributed by atoms with Crippen LogP contribution >= 0.6 is 11.3 Å². The van der Waals surface area contributed by atoms with E-state index in [-0.39, 0.29) is 19.8 Å². The standard InChI is InChI=1S/C10H14N2O3S/c11-3-8-1-2-9(16-8)4-12-10(5-13,6-14)7-15/h1-2,12-15H,4-7H2. The van der Waals surface area contributed by atoms with Gasteiger partial charge in [-0.3, -0.25) is 0 Å². The molecule has 0 atom stereocenters. The molecule has 0 saturated heterocycles. The van der Waals surface area contributed by atoms with Gasteiger partial charge in [0, 0.05) is 11.4 Å². The molecule has 6 heteroatoms. The molecule has 0 fully saturated rings. The second-order valence-corrected chi connectivity index (χ2v) is 4.65. The van der Waals surface area contributed by atoms with Gasteiger partial charge in [0.2, 0.25) is 0 Å². The minimum Gasteiger partial charge on any atom is -0.394 e. The highest BCUT2D eigenvalue weighted by molar-refractivity contribution is 7.12. The SMILES string of the molecule is N#Cc1ccc(CNC(CO)(CO)CO)s1. The number of aliphatic hydroxyl groups is 3. The quantitative estimate of drug-likeness (QED) is 0.535. The van der Waals surface area contributed by atoms with Gasteiger partial charge in [0.15, 0.2) is 0 Å². The van der Waals surface area contributed by atoms with Gasteiger partial charge in [-0.15, -0.1) is 11.3 Å². The van der Waals surface area contributed by atoms with E-state index in [1.165, 1.54) is 11.3 Å². The van der Waals surface area contributed by atoms with E-state index in [0.29, 0.717) is 11.4 Å². The third kappa shape index (κ3) is 3.01. The van der Waals surface area contributed by atoms with E-state index in [4.69, 9.17) is 20.6 Å². The number of nitriles is 1. The van der Waals surface area contributed by atoms with Crippen LogP contribution in [0.1, 0.15) is 9.75 Å². The molecule has 0 aromatic carbocycles. The maximum absolute atomic E-state index is 9.07. The lowest BCUT2D eigenvalue weighted by atomic mass is 10.0. The lowest BCUT2D eigenvalue weighted by molar-refractivity contribution is 0.0415. The van der Waals surface area contributed by atoms with E-state index in [1.54, 1.807) is 12.1 Å². The largest absolute Gasteiger partial charge is 0.394 e. The minimum atomic E-state index is -1.07. The van der Waals surface area contributed by atoms with E-state index < -0.39 is 5.54 Å². The molecule has 4 N–H and O–H groups in total. The van der Waals surface area contributed by atoms with Crippen LogP contribution in [0.15, 0.2) is 12.1 Å². The van der Waals surface area contributed by atoms with Crippen LogP contribution in [0.5, 0.6) is 0 Å². The summed E-state index contributed by atoms with van der Waals surface area (Å²) in [5.74, 6) is 0. The molecule has 1 rings (SSSR count). The van der Waals surface area contributed by atoms with Crippen molar-refractivity contribution >= 4 is 11.3 Å². The Hall–Kier alpha value is -0.970. The first-order valence-corrected chi connectivity index (χ1v) is 5.58. The Bertz CT molecular complexity index is 360. The molecule has 0 aliphatic carbocycles. The summed E-state index contributed by atoms with van der Waals surface area (Å²) < 4.78 is 0. The Balaban J connectivity index is 2.59. The van der Waals surface area contributed by atoms with Crippen LogP contribution < -0.4 is 5.32 Å². The number of aliphatic hydroxyl groups excluding tert-OH is 3. The molecule has 0 radical (unpaired) electrons. The van der Waals surface area contributed by atoms with Crippen LogP contribution in [0.3, 0.4) is 0 Å². The monoisotopic (exact) mass is 242 g/mol. The second-order valence-electron chi connectivity index (χ2n) is 3.49. The Morgan fingerprint density at radius 3 is 2.31 bits per heavy atom. The average Bonchev–Trinajstić information content (AvgIpc) is 2.80. The van der Waals surface area contributed by atoms with Gasteiger partial charge in [-0.25, -0.2) is 0 Å². The van der Waals surface area contributed by atoms with Gasteiger partial charge in [0.1, 0.15) is 10.9 Å². The van der Waals surface area contributed by atoms with Gasteiger partial charge in [-0.1, -0.05) is 0 Å². The molecule has 0 amide bonds. The fraction of sp³-hybridized carbons (Fsp3) is 0.500. The zero-order chi connectivity index (χ0) is 12.0. The lowest BCUT2D eigenvalue weighted by Crippen LogP contribution is -2.54. The summed E-state index contributed by atoms with van der Waals surface area (Å²) >= 11 is 1.34. The number of hydrogen-bond acceptors (Lipinski definition) is 6. The summed E-state index contributed by atoms with van der Waals surface area (Å²) in [4.78, 5) is 1.52. The lowest BCUT2D eigenvalue weighted by Gasteiger charge is -2.28. The van der Waals surface area contributed by atoms with Crippen molar-refractivity contribution in [1.29, 1.82) is 5.26 Å². The van der Waals surface area contributed by atoms with Gasteiger partial charge >= 0.3 is 0 Å². The number of rotatable bonds is 6. The summed E-state index contributed by atoms with van der Waals surface area (Å²) in [7, 11) is 0. The summed E-state index contributed by atoms with van der Waals surface area (Å²) in [6.07, 6.45) is 0. The highest BCUT2D eigenvalue weighted by Crippen LogP contribution is 2.16. The Morgan fingerprint density at radius 1 is 1.25 bits per heavy atom. The Kier molecular flexibility index (Phi) is 4.86. The summed E-state index contributed by atoms with van der Waals surface area (Å²) in [5, 5.41) is 38.7. The van der Waals surface area contributed by atoms with Gasteiger partial charge in [0.05, 0.1) is 25.4 Å². The van der Waals surface area contributed by atoms with Crippen LogP contribution in [0, 0.1) is 11.3 Å². The molecule has 5 nitrogen and oxygen atoms in total. The molecule has 0 bridgehead atoms. The Morgan fingerprint density at radius 2 is 1.88 bits per heavy atom. The maximum Gasteiger partial charge on any atom is 0.110 e. The predicted molar refractivity (Wildman–Crippen MR) is 59.9 cm³/mol. The van der Waals surface area contributed by atoms with E-state index in [2.05, 4.69) is 5.32 Å². The van der Waals surface area contributed by atoms with Gasteiger partial charge in [-0.2, -0.15) is 5.26 Å². The highest BCUT2D eigenvalue weighted by atomic mass is 32.1. The average molecular weight is 242 g/mol. The topological polar surface area (TPSA) is 96.5 Å². The summed E-state index contributed by atoms with van der Waals surface area (Å²) in [6.45, 7) is -0.655. The van der Waals surface area contributed by atoms with Gasteiger partial charge in [0.25, 0.3) is 0 Å². The van der Waals surface area contributed by atoms with Crippen molar-refractivity contribution in [3.8, 4) is 6.07 Å². The molecule has 1 heterocycles. The molecule has 0 aliphatic heterocycles. The number of nitrogens with one attached hydrogen (secondary N) is 1. The molecule has 88 valence electrons. The van der Waals surface area contributed by atoms with Crippen molar-refractivity contribution in [2.75, 3.05) is 19.8 Å². The molecule has 0 saturated carbocycles. The number of nitrogens with zero attached hydrogens (tertiary/aromatic N) is 1. The van der Waals surface area contributed by atoms with Crippen molar-refractivity contribution in [3.05, 3.63) is 21.9 Å². The first-order valence-electron chi connectivity index (χ1n) is 4.76. The maximum atomic E-state index is 9.07. The predicted octanol–water partition coefficient (Wildman–Crippen LogP) is -0.575. The van der Waals surface area contributed by atoms with Crippen molar-refractivity contribution in [2.24, 2.45) is 0 Å². The fourth-order valence-electron chi connectivity index (χ4n) is 1.13. The first-order chi connectivity index (χ1) is 7.69. The Labute approximate surface area is 97.6 Å². The zero-order valence-electron chi connectivity index (χ0n) is 8.68. The molecular formula is C10H14N2O3S. The van der Waals surface area contributed by atoms with Gasteiger partial charge < -0.3 is 20.6 Å². The van der Waals surface area contributed by atoms with Crippen LogP contribution in [-0.2, 0) is 6.54 Å². The van der Waals surface area contributed by atoms with Crippen LogP contribution in [-0.4, -0.2) is 40.7 Å². The molecule has 0 spiro atoms. The highest BCUT2D eigenvalue weighted by Gasteiger charge is 2.27. The third-order valence-corrected chi connectivity index (χ3v) is 3.31. The second kappa shape index (κ2) is 5.94. The van der Waals surface area contributed by atoms with E-state index in [0.717, 1.165) is 4.88 Å². The van der Waals surface area contributed by atoms with E-state index >= 15 is 0 Å². The van der Waals surface area contributed by atoms with Crippen molar-refractivity contribution < 1.29 is 15.3 Å². The van der Waals surface area contributed by atoms with Crippen LogP contribution in [0.4, 0.5) is 0 Å². The molecule has 0 unspecified atom stereocenters. The number of thiophene rings is 1. The molecular weight excluding hydrogens is 228 g/mol.